The Balaban J connectivity index is 0.000000626. The number of carbonyl (C=O) groups excluding carboxylic acids is 2. The zero-order valence-electron chi connectivity index (χ0n) is 23.7. The van der Waals surface area contributed by atoms with Gasteiger partial charge in [0.05, 0.1) is 17.9 Å². The molecule has 0 N–H and O–H groups in total. The highest BCUT2D eigenvalue weighted by Gasteiger charge is 2.26. The molecule has 1 aromatic heterocycles. The van der Waals surface area contributed by atoms with E-state index in [1.54, 1.807) is 31.3 Å². The molecule has 2 aromatic rings. The molecule has 0 radical (unpaired) electrons. The Morgan fingerprint density at radius 3 is 2.22 bits per heavy atom. The molecule has 2 heterocycles. The Labute approximate surface area is 221 Å². The van der Waals surface area contributed by atoms with Crippen LogP contribution in [0.4, 0.5) is 9.18 Å². The topological polar surface area (TPSA) is 64.0 Å². The fourth-order valence-electron chi connectivity index (χ4n) is 3.36. The first kappa shape index (κ1) is 33.8. The second kappa shape index (κ2) is 17.3. The average molecular weight is 518 g/mol. The number of methoxy groups -OCH3 is 1. The number of nitrogens with zero attached hydrogens (tertiary/aromatic N) is 3. The van der Waals surface area contributed by atoms with Gasteiger partial charge >= 0.3 is 6.09 Å². The van der Waals surface area contributed by atoms with Crippen molar-refractivity contribution in [1.29, 1.82) is 0 Å². The van der Waals surface area contributed by atoms with Crippen molar-refractivity contribution in [2.24, 2.45) is 0 Å². The van der Waals surface area contributed by atoms with Crippen molar-refractivity contribution in [2.75, 3.05) is 41.0 Å². The number of ether oxygens (including phenoxy) is 2. The molecule has 3 rings (SSSR count). The maximum absolute atomic E-state index is 13.4. The highest BCUT2D eigenvalue weighted by molar-refractivity contribution is 5.89. The smallest absolute Gasteiger partial charge is 0.411 e. The SMILES string of the molecule is C/C=C\C(=C/C)Cn1c(C=O)cc2ccc(F)cc21.C=C.CN1CCN(C(=O)OC(C)(C)C)C1.COC. The normalized spacial score (nSPS) is 13.8. The van der Waals surface area contributed by atoms with Crippen LogP contribution in [-0.4, -0.2) is 73.4 Å². The van der Waals surface area contributed by atoms with E-state index in [9.17, 15) is 14.0 Å². The molecule has 7 nitrogen and oxygen atoms in total. The molecule has 1 aliphatic heterocycles. The van der Waals surface area contributed by atoms with E-state index in [-0.39, 0.29) is 11.9 Å². The molecule has 0 spiro atoms. The van der Waals surface area contributed by atoms with E-state index in [1.165, 1.54) is 12.1 Å². The van der Waals surface area contributed by atoms with Gasteiger partial charge in [-0.1, -0.05) is 18.2 Å². The predicted octanol–water partition coefficient (Wildman–Crippen LogP) is 6.31. The Morgan fingerprint density at radius 2 is 1.76 bits per heavy atom. The van der Waals surface area contributed by atoms with Gasteiger partial charge in [0, 0.05) is 39.2 Å². The number of halogens is 1. The monoisotopic (exact) mass is 517 g/mol. The molecule has 0 aliphatic carbocycles. The summed E-state index contributed by atoms with van der Waals surface area (Å²) < 4.78 is 24.7. The summed E-state index contributed by atoms with van der Waals surface area (Å²) in [5.74, 6) is -0.294. The van der Waals surface area contributed by atoms with Crippen LogP contribution >= 0.6 is 0 Å². The largest absolute Gasteiger partial charge is 0.444 e. The number of carbonyl (C=O) groups is 2. The Kier molecular flexibility index (Phi) is 15.8. The molecule has 0 atom stereocenters. The van der Waals surface area contributed by atoms with Crippen LogP contribution in [0, 0.1) is 5.82 Å². The predicted molar refractivity (Wildman–Crippen MR) is 150 cm³/mol. The quantitative estimate of drug-likeness (QED) is 0.270. The third-order valence-corrected chi connectivity index (χ3v) is 4.93. The highest BCUT2D eigenvalue weighted by Crippen LogP contribution is 2.22. The number of aromatic nitrogens is 1. The molecule has 8 heteroatoms. The summed E-state index contributed by atoms with van der Waals surface area (Å²) in [4.78, 5) is 26.4. The van der Waals surface area contributed by atoms with Gasteiger partial charge < -0.3 is 14.0 Å². The fourth-order valence-corrected chi connectivity index (χ4v) is 3.36. The van der Waals surface area contributed by atoms with Gasteiger partial charge in [0.2, 0.25) is 0 Å². The Hall–Kier alpha value is -3.23. The van der Waals surface area contributed by atoms with E-state index in [1.807, 2.05) is 64.5 Å². The molecule has 0 saturated carbocycles. The number of likely N-dealkylation sites (N-methyl/N-ethyl adjacent to an activating group) is 1. The lowest BCUT2D eigenvalue weighted by molar-refractivity contribution is 0.0271. The van der Waals surface area contributed by atoms with E-state index in [0.29, 0.717) is 18.9 Å². The number of benzene rings is 1. The van der Waals surface area contributed by atoms with Crippen molar-refractivity contribution in [3.05, 3.63) is 72.7 Å². The number of allylic oxidation sites excluding steroid dienone is 4. The first-order valence-electron chi connectivity index (χ1n) is 12.1. The van der Waals surface area contributed by atoms with Crippen molar-refractivity contribution in [3.63, 3.8) is 0 Å². The van der Waals surface area contributed by atoms with Gasteiger partial charge in [0.15, 0.2) is 6.29 Å². The van der Waals surface area contributed by atoms with Gasteiger partial charge in [0.25, 0.3) is 0 Å². The lowest BCUT2D eigenvalue weighted by Crippen LogP contribution is -2.36. The van der Waals surface area contributed by atoms with Gasteiger partial charge in [0.1, 0.15) is 11.4 Å². The van der Waals surface area contributed by atoms with Crippen molar-refractivity contribution < 1.29 is 23.5 Å². The summed E-state index contributed by atoms with van der Waals surface area (Å²) in [7, 11) is 5.24. The van der Waals surface area contributed by atoms with Crippen molar-refractivity contribution in [1.82, 2.24) is 14.4 Å². The van der Waals surface area contributed by atoms with Crippen molar-refractivity contribution >= 4 is 23.3 Å². The minimum Gasteiger partial charge on any atom is -0.444 e. The van der Waals surface area contributed by atoms with Gasteiger partial charge in [-0.15, -0.1) is 13.2 Å². The van der Waals surface area contributed by atoms with E-state index in [0.717, 1.165) is 35.9 Å². The van der Waals surface area contributed by atoms with Crippen molar-refractivity contribution in [2.45, 2.75) is 46.8 Å². The van der Waals surface area contributed by atoms with Crippen LogP contribution in [0.5, 0.6) is 0 Å². The summed E-state index contributed by atoms with van der Waals surface area (Å²) >= 11 is 0. The zero-order valence-corrected chi connectivity index (χ0v) is 23.7. The third kappa shape index (κ3) is 12.0. The summed E-state index contributed by atoms with van der Waals surface area (Å²) in [6.45, 7) is 18.5. The molecule has 206 valence electrons. The number of fused-ring (bicyclic) bond motifs is 1. The molecule has 1 amide bonds. The van der Waals surface area contributed by atoms with Crippen LogP contribution in [0.3, 0.4) is 0 Å². The lowest BCUT2D eigenvalue weighted by atomic mass is 10.2. The second-order valence-corrected chi connectivity index (χ2v) is 9.21. The van der Waals surface area contributed by atoms with Crippen LogP contribution in [0.2, 0.25) is 0 Å². The van der Waals surface area contributed by atoms with Gasteiger partial charge in [-0.05, 0) is 71.5 Å². The minimum atomic E-state index is -0.391. The van der Waals surface area contributed by atoms with Gasteiger partial charge in [-0.3, -0.25) is 14.6 Å². The minimum absolute atomic E-state index is 0.211. The Morgan fingerprint density at radius 1 is 1.14 bits per heavy atom. The number of hydrogen-bond donors (Lipinski definition) is 0. The first-order chi connectivity index (χ1) is 17.5. The maximum atomic E-state index is 13.4. The molecule has 37 heavy (non-hydrogen) atoms. The summed E-state index contributed by atoms with van der Waals surface area (Å²) in [5, 5.41) is 0.874. The standard InChI is InChI=1S/C16H16FNO.C9H18N2O2.C2H6O.C2H4/c1-3-5-12(4-2)10-18-15(11-19)8-13-6-7-14(17)9-16(13)18;1-9(2,3)13-8(12)11-6-5-10(4)7-11;1-3-2;1-2/h3-9,11H,10H2,1-2H3;5-7H2,1-4H3;1-2H3;1-2H2/b5-3-,12-4+;;;. The van der Waals surface area contributed by atoms with Gasteiger partial charge in [-0.25, -0.2) is 9.18 Å². The maximum Gasteiger partial charge on any atom is 0.411 e. The molecular weight excluding hydrogens is 473 g/mol. The average Bonchev–Trinajstić information content (AvgIpc) is 3.43. The molecule has 0 unspecified atom stereocenters. The number of rotatable bonds is 4. The highest BCUT2D eigenvalue weighted by atomic mass is 19.1. The van der Waals surface area contributed by atoms with E-state index >= 15 is 0 Å². The van der Waals surface area contributed by atoms with E-state index in [4.69, 9.17) is 4.74 Å². The molecule has 0 bridgehead atoms. The van der Waals surface area contributed by atoms with Crippen LogP contribution < -0.4 is 0 Å². The first-order valence-corrected chi connectivity index (χ1v) is 12.1. The van der Waals surface area contributed by atoms with Gasteiger partial charge in [-0.2, -0.15) is 0 Å². The summed E-state index contributed by atoms with van der Waals surface area (Å²) in [6.07, 6.45) is 6.51. The van der Waals surface area contributed by atoms with Crippen LogP contribution in [0.15, 0.2) is 61.2 Å². The summed E-state index contributed by atoms with van der Waals surface area (Å²) in [5.41, 5.74) is 1.99. The summed E-state index contributed by atoms with van der Waals surface area (Å²) in [6, 6.07) is 6.35. The zero-order chi connectivity index (χ0) is 28.6. The van der Waals surface area contributed by atoms with E-state index < -0.39 is 5.60 Å². The molecule has 1 aliphatic rings. The number of hydrogen-bond acceptors (Lipinski definition) is 5. The number of amides is 1. The molecular formula is C29H44FN3O4. The van der Waals surface area contributed by atoms with Crippen molar-refractivity contribution in [3.8, 4) is 0 Å². The molecule has 1 saturated heterocycles. The molecule has 1 aromatic carbocycles. The third-order valence-electron chi connectivity index (χ3n) is 4.93. The fraction of sp³-hybridized carbons (Fsp3) is 0.448. The lowest BCUT2D eigenvalue weighted by Gasteiger charge is -2.24. The Bertz CT molecular complexity index is 1040. The van der Waals surface area contributed by atoms with Crippen LogP contribution in [0.1, 0.15) is 45.1 Å². The van der Waals surface area contributed by atoms with E-state index in [2.05, 4.69) is 22.8 Å². The molecule has 1 fully saturated rings. The second-order valence-electron chi connectivity index (χ2n) is 9.21. The number of aldehydes is 1. The van der Waals surface area contributed by atoms with Crippen LogP contribution in [-0.2, 0) is 16.0 Å². The van der Waals surface area contributed by atoms with Crippen LogP contribution in [0.25, 0.3) is 10.9 Å².